The van der Waals surface area contributed by atoms with E-state index in [0.717, 1.165) is 0 Å². The first-order valence-electron chi connectivity index (χ1n) is 2.98. The van der Waals surface area contributed by atoms with Crippen molar-refractivity contribution in [1.82, 2.24) is 0 Å². The van der Waals surface area contributed by atoms with Gasteiger partial charge in [-0.2, -0.15) is 17.6 Å². The molecule has 0 aliphatic rings. The van der Waals surface area contributed by atoms with Crippen molar-refractivity contribution >= 4 is 0 Å². The Hall–Kier alpha value is -0.350. The lowest BCUT2D eigenvalue weighted by molar-refractivity contribution is -0.217. The second-order valence-electron chi connectivity index (χ2n) is 2.15. The minimum absolute atomic E-state index is 0.345. The number of alkyl halides is 5. The molecular formula is C6H8F5. The van der Waals surface area contributed by atoms with Crippen molar-refractivity contribution in [3.05, 3.63) is 6.92 Å². The van der Waals surface area contributed by atoms with E-state index in [1.165, 1.54) is 0 Å². The third kappa shape index (κ3) is 2.31. The first kappa shape index (κ1) is 10.7. The lowest BCUT2D eigenvalue weighted by Crippen LogP contribution is -2.42. The molecule has 0 atom stereocenters. The van der Waals surface area contributed by atoms with Gasteiger partial charge in [-0.15, -0.1) is 0 Å². The molecule has 5 heteroatoms. The van der Waals surface area contributed by atoms with E-state index < -0.39 is 24.9 Å². The van der Waals surface area contributed by atoms with E-state index in [1.807, 2.05) is 0 Å². The fraction of sp³-hybridized carbons (Fsp3) is 0.833. The Morgan fingerprint density at radius 1 is 1.00 bits per heavy atom. The van der Waals surface area contributed by atoms with Crippen LogP contribution in [-0.4, -0.2) is 18.5 Å². The zero-order valence-corrected chi connectivity index (χ0v) is 5.72. The van der Waals surface area contributed by atoms with Crippen LogP contribution in [0.15, 0.2) is 0 Å². The molecule has 0 saturated heterocycles. The molecule has 0 bridgehead atoms. The van der Waals surface area contributed by atoms with Gasteiger partial charge < -0.3 is 0 Å². The summed E-state index contributed by atoms with van der Waals surface area (Å²) in [5.41, 5.74) is 0. The first-order chi connectivity index (χ1) is 4.87. The molecule has 0 aliphatic heterocycles. The smallest absolute Gasteiger partial charge is 0.244 e. The highest BCUT2D eigenvalue weighted by molar-refractivity contribution is 4.84. The first-order valence-corrected chi connectivity index (χ1v) is 2.98. The Kier molecular flexibility index (Phi) is 3.26. The van der Waals surface area contributed by atoms with Crippen LogP contribution in [0.25, 0.3) is 0 Å². The van der Waals surface area contributed by atoms with Crippen LogP contribution in [0.2, 0.25) is 0 Å². The van der Waals surface area contributed by atoms with Gasteiger partial charge in [0, 0.05) is 6.42 Å². The number of hydrogen-bond donors (Lipinski definition) is 0. The van der Waals surface area contributed by atoms with E-state index >= 15 is 0 Å². The lowest BCUT2D eigenvalue weighted by Gasteiger charge is -2.23. The number of hydrogen-bond acceptors (Lipinski definition) is 0. The van der Waals surface area contributed by atoms with Gasteiger partial charge in [0.25, 0.3) is 0 Å². The van der Waals surface area contributed by atoms with Gasteiger partial charge in [-0.25, -0.2) is 4.39 Å². The van der Waals surface area contributed by atoms with Gasteiger partial charge in [0.05, 0.1) is 0 Å². The highest BCUT2D eigenvalue weighted by atomic mass is 19.3. The van der Waals surface area contributed by atoms with Crippen LogP contribution in [0.1, 0.15) is 12.8 Å². The van der Waals surface area contributed by atoms with Crippen molar-refractivity contribution in [1.29, 1.82) is 0 Å². The molecule has 0 rings (SSSR count). The molecule has 0 amide bonds. The van der Waals surface area contributed by atoms with Crippen molar-refractivity contribution in [2.75, 3.05) is 6.67 Å². The molecule has 0 aromatic rings. The summed E-state index contributed by atoms with van der Waals surface area (Å²) in [6.45, 7) is 0.650. The van der Waals surface area contributed by atoms with Crippen molar-refractivity contribution in [3.8, 4) is 0 Å². The Morgan fingerprint density at radius 3 is 1.73 bits per heavy atom. The fourth-order valence-electron chi connectivity index (χ4n) is 0.503. The minimum Gasteiger partial charge on any atom is -0.244 e. The highest BCUT2D eigenvalue weighted by Crippen LogP contribution is 2.37. The monoisotopic (exact) mass is 175 g/mol. The maximum Gasteiger partial charge on any atom is 0.337 e. The van der Waals surface area contributed by atoms with Gasteiger partial charge in [0.2, 0.25) is 0 Å². The molecular weight excluding hydrogens is 167 g/mol. The van der Waals surface area contributed by atoms with E-state index in [4.69, 9.17) is 0 Å². The summed E-state index contributed by atoms with van der Waals surface area (Å²) >= 11 is 0. The Bertz CT molecular complexity index is 120. The van der Waals surface area contributed by atoms with Gasteiger partial charge >= 0.3 is 11.8 Å². The standard InChI is InChI=1S/C6H8F5/c1-2-3-5(8,9)6(10,11)4-7/h1-4H2. The van der Waals surface area contributed by atoms with Gasteiger partial charge in [-0.3, -0.25) is 0 Å². The van der Waals surface area contributed by atoms with E-state index in [2.05, 4.69) is 6.92 Å². The van der Waals surface area contributed by atoms with Crippen LogP contribution in [0.5, 0.6) is 0 Å². The molecule has 67 valence electrons. The maximum absolute atomic E-state index is 12.2. The van der Waals surface area contributed by atoms with E-state index in [1.54, 1.807) is 0 Å². The summed E-state index contributed by atoms with van der Waals surface area (Å²) in [5.74, 6) is -8.83. The molecule has 0 aromatic heterocycles. The molecule has 0 fully saturated rings. The Balaban J connectivity index is 4.26. The van der Waals surface area contributed by atoms with E-state index in [-0.39, 0.29) is 6.42 Å². The summed E-state index contributed by atoms with van der Waals surface area (Å²) in [6, 6.07) is 0. The summed E-state index contributed by atoms with van der Waals surface area (Å²) in [6.07, 6.45) is -1.44. The Morgan fingerprint density at radius 2 is 1.45 bits per heavy atom. The molecule has 0 N–H and O–H groups in total. The summed E-state index contributed by atoms with van der Waals surface area (Å²) in [5, 5.41) is 0. The van der Waals surface area contributed by atoms with Gasteiger partial charge in [0.1, 0.15) is 0 Å². The van der Waals surface area contributed by atoms with Gasteiger partial charge in [-0.05, 0) is 6.42 Å². The second-order valence-corrected chi connectivity index (χ2v) is 2.15. The molecule has 0 spiro atoms. The molecule has 0 unspecified atom stereocenters. The van der Waals surface area contributed by atoms with Gasteiger partial charge in [0.15, 0.2) is 6.67 Å². The third-order valence-electron chi connectivity index (χ3n) is 1.19. The molecule has 1 radical (unpaired) electrons. The predicted octanol–water partition coefficient (Wildman–Crippen LogP) is 2.84. The highest BCUT2D eigenvalue weighted by Gasteiger charge is 2.55. The van der Waals surface area contributed by atoms with E-state index in [0.29, 0.717) is 0 Å². The topological polar surface area (TPSA) is 0 Å². The zero-order chi connectivity index (χ0) is 9.12. The van der Waals surface area contributed by atoms with Crippen LogP contribution in [0.3, 0.4) is 0 Å². The van der Waals surface area contributed by atoms with Crippen molar-refractivity contribution in [2.45, 2.75) is 24.7 Å². The lowest BCUT2D eigenvalue weighted by atomic mass is 10.1. The van der Waals surface area contributed by atoms with Crippen LogP contribution in [-0.2, 0) is 0 Å². The van der Waals surface area contributed by atoms with Crippen LogP contribution in [0.4, 0.5) is 22.0 Å². The third-order valence-corrected chi connectivity index (χ3v) is 1.19. The fourth-order valence-corrected chi connectivity index (χ4v) is 0.503. The summed E-state index contributed by atoms with van der Waals surface area (Å²) in [7, 11) is 0. The number of rotatable bonds is 4. The second kappa shape index (κ2) is 3.36. The minimum atomic E-state index is -4.55. The molecule has 0 aliphatic carbocycles. The van der Waals surface area contributed by atoms with Crippen LogP contribution in [0, 0.1) is 6.92 Å². The zero-order valence-electron chi connectivity index (χ0n) is 5.72. The van der Waals surface area contributed by atoms with Crippen molar-refractivity contribution in [2.24, 2.45) is 0 Å². The van der Waals surface area contributed by atoms with Gasteiger partial charge in [-0.1, -0.05) is 6.92 Å². The quantitative estimate of drug-likeness (QED) is 0.576. The average molecular weight is 175 g/mol. The normalized spacial score (nSPS) is 13.6. The van der Waals surface area contributed by atoms with Crippen molar-refractivity contribution in [3.63, 3.8) is 0 Å². The van der Waals surface area contributed by atoms with Crippen LogP contribution < -0.4 is 0 Å². The molecule has 11 heavy (non-hydrogen) atoms. The molecule has 0 saturated carbocycles. The average Bonchev–Trinajstić information content (AvgIpc) is 1.87. The largest absolute Gasteiger partial charge is 0.337 e. The van der Waals surface area contributed by atoms with E-state index in [9.17, 15) is 22.0 Å². The summed E-state index contributed by atoms with van der Waals surface area (Å²) in [4.78, 5) is 0. The van der Waals surface area contributed by atoms with Crippen molar-refractivity contribution < 1.29 is 22.0 Å². The number of halogens is 5. The Labute approximate surface area is 61.4 Å². The molecule has 0 aromatic carbocycles. The SMILES string of the molecule is [CH2]CCC(F)(F)C(F)(F)CF. The van der Waals surface area contributed by atoms with Crippen LogP contribution >= 0.6 is 0 Å². The summed E-state index contributed by atoms with van der Waals surface area (Å²) < 4.78 is 59.6. The predicted molar refractivity (Wildman–Crippen MR) is 30.5 cm³/mol. The molecule has 0 heterocycles. The molecule has 0 nitrogen and oxygen atoms in total. The maximum atomic E-state index is 12.2.